The summed E-state index contributed by atoms with van der Waals surface area (Å²) in [7, 11) is 0. The average molecular weight is 252 g/mol. The number of hydrogen-bond acceptors (Lipinski definition) is 5. The molecular formula is C12H20N4O2. The fraction of sp³-hybridized carbons (Fsp3) is 0.750. The van der Waals surface area contributed by atoms with Gasteiger partial charge in [-0.1, -0.05) is 5.21 Å². The van der Waals surface area contributed by atoms with Crippen molar-refractivity contribution in [2.75, 3.05) is 19.7 Å². The maximum Gasteiger partial charge on any atom is 0.184 e. The largest absolute Gasteiger partial charge is 0.378 e. The normalized spacial score (nSPS) is 16.9. The zero-order chi connectivity index (χ0) is 12.8. The summed E-state index contributed by atoms with van der Waals surface area (Å²) >= 11 is 0. The van der Waals surface area contributed by atoms with Crippen LogP contribution in [0.15, 0.2) is 6.20 Å². The number of aromatic nitrogens is 3. The van der Waals surface area contributed by atoms with Gasteiger partial charge in [0.1, 0.15) is 5.69 Å². The lowest BCUT2D eigenvalue weighted by Gasteiger charge is -2.22. The van der Waals surface area contributed by atoms with Gasteiger partial charge in [0.15, 0.2) is 5.78 Å². The standard InChI is InChI=1S/C12H20N4O2/c1-2-16-11(9-14-15-16)12(17)5-8-18-10-3-6-13-7-4-10/h9-10,13H,2-8H2,1H3. The van der Waals surface area contributed by atoms with Crippen LogP contribution >= 0.6 is 0 Å². The lowest BCUT2D eigenvalue weighted by Crippen LogP contribution is -2.32. The smallest absolute Gasteiger partial charge is 0.184 e. The van der Waals surface area contributed by atoms with E-state index in [0.29, 0.717) is 31.4 Å². The topological polar surface area (TPSA) is 69.0 Å². The molecule has 6 nitrogen and oxygen atoms in total. The molecule has 0 bridgehead atoms. The van der Waals surface area contributed by atoms with Gasteiger partial charge in [-0.25, -0.2) is 4.68 Å². The number of piperidine rings is 1. The van der Waals surface area contributed by atoms with Crippen molar-refractivity contribution in [2.24, 2.45) is 0 Å². The second kappa shape index (κ2) is 6.61. The Balaban J connectivity index is 1.74. The predicted octanol–water partition coefficient (Wildman–Crippen LogP) is 0.639. The highest BCUT2D eigenvalue weighted by atomic mass is 16.5. The third kappa shape index (κ3) is 3.36. The number of rotatable bonds is 6. The zero-order valence-electron chi connectivity index (χ0n) is 10.8. The van der Waals surface area contributed by atoms with E-state index in [1.165, 1.54) is 6.20 Å². The summed E-state index contributed by atoms with van der Waals surface area (Å²) in [6, 6.07) is 0. The quantitative estimate of drug-likeness (QED) is 0.752. The Morgan fingerprint density at radius 2 is 2.33 bits per heavy atom. The first kappa shape index (κ1) is 13.2. The molecule has 0 amide bonds. The molecular weight excluding hydrogens is 232 g/mol. The highest BCUT2D eigenvalue weighted by Gasteiger charge is 2.15. The van der Waals surface area contributed by atoms with Crippen LogP contribution < -0.4 is 5.32 Å². The van der Waals surface area contributed by atoms with E-state index in [-0.39, 0.29) is 5.78 Å². The number of ether oxygens (including phenoxy) is 1. The third-order valence-corrected chi connectivity index (χ3v) is 3.17. The summed E-state index contributed by atoms with van der Waals surface area (Å²) in [5.41, 5.74) is 0.575. The number of nitrogens with zero attached hydrogens (tertiary/aromatic N) is 3. The number of carbonyl (C=O) groups is 1. The van der Waals surface area contributed by atoms with Gasteiger partial charge < -0.3 is 10.1 Å². The van der Waals surface area contributed by atoms with Gasteiger partial charge >= 0.3 is 0 Å². The number of carbonyl (C=O) groups excluding carboxylic acids is 1. The molecule has 0 spiro atoms. The minimum absolute atomic E-state index is 0.0517. The van der Waals surface area contributed by atoms with Crippen molar-refractivity contribution in [1.29, 1.82) is 0 Å². The van der Waals surface area contributed by atoms with E-state index in [1.54, 1.807) is 4.68 Å². The fourth-order valence-corrected chi connectivity index (χ4v) is 2.12. The molecule has 0 atom stereocenters. The SMILES string of the molecule is CCn1nncc1C(=O)CCOC1CCNCC1. The molecule has 100 valence electrons. The molecule has 0 unspecified atom stereocenters. The van der Waals surface area contributed by atoms with Gasteiger partial charge in [-0.2, -0.15) is 0 Å². The summed E-state index contributed by atoms with van der Waals surface area (Å²) in [5, 5.41) is 10.9. The minimum Gasteiger partial charge on any atom is -0.378 e. The average Bonchev–Trinajstić information content (AvgIpc) is 2.88. The van der Waals surface area contributed by atoms with Crippen LogP contribution in [0.5, 0.6) is 0 Å². The van der Waals surface area contributed by atoms with Crippen molar-refractivity contribution in [3.8, 4) is 0 Å². The van der Waals surface area contributed by atoms with Gasteiger partial charge in [-0.05, 0) is 32.9 Å². The van der Waals surface area contributed by atoms with Gasteiger partial charge in [-0.15, -0.1) is 5.10 Å². The van der Waals surface area contributed by atoms with Crippen molar-refractivity contribution in [3.63, 3.8) is 0 Å². The summed E-state index contributed by atoms with van der Waals surface area (Å²) in [6.45, 7) is 5.10. The van der Waals surface area contributed by atoms with E-state index in [4.69, 9.17) is 4.74 Å². The van der Waals surface area contributed by atoms with Crippen molar-refractivity contribution in [3.05, 3.63) is 11.9 Å². The Morgan fingerprint density at radius 1 is 1.56 bits per heavy atom. The van der Waals surface area contributed by atoms with E-state index in [9.17, 15) is 4.79 Å². The molecule has 2 rings (SSSR count). The van der Waals surface area contributed by atoms with Gasteiger partial charge in [0.2, 0.25) is 0 Å². The van der Waals surface area contributed by atoms with Crippen molar-refractivity contribution in [1.82, 2.24) is 20.3 Å². The minimum atomic E-state index is 0.0517. The lowest BCUT2D eigenvalue weighted by molar-refractivity contribution is 0.0312. The Bertz CT molecular complexity index is 385. The number of hydrogen-bond donors (Lipinski definition) is 1. The highest BCUT2D eigenvalue weighted by Crippen LogP contribution is 2.09. The van der Waals surface area contributed by atoms with Gasteiger partial charge in [0.05, 0.1) is 18.9 Å². The summed E-state index contributed by atoms with van der Waals surface area (Å²) in [6.07, 6.45) is 4.28. The van der Waals surface area contributed by atoms with E-state index in [2.05, 4.69) is 15.6 Å². The van der Waals surface area contributed by atoms with Crippen LogP contribution in [0.1, 0.15) is 36.7 Å². The van der Waals surface area contributed by atoms with Crippen LogP contribution in [0.25, 0.3) is 0 Å². The first-order valence-electron chi connectivity index (χ1n) is 6.55. The Kier molecular flexibility index (Phi) is 4.83. The van der Waals surface area contributed by atoms with Crippen molar-refractivity contribution in [2.45, 2.75) is 38.8 Å². The maximum absolute atomic E-state index is 11.9. The molecule has 0 aliphatic carbocycles. The molecule has 2 heterocycles. The zero-order valence-corrected chi connectivity index (χ0v) is 10.8. The Hall–Kier alpha value is -1.27. The van der Waals surface area contributed by atoms with Gasteiger partial charge in [0, 0.05) is 13.0 Å². The summed E-state index contributed by atoms with van der Waals surface area (Å²) < 4.78 is 7.33. The van der Waals surface area contributed by atoms with Crippen molar-refractivity contribution < 1.29 is 9.53 Å². The predicted molar refractivity (Wildman–Crippen MR) is 66.5 cm³/mol. The molecule has 1 saturated heterocycles. The fourth-order valence-electron chi connectivity index (χ4n) is 2.12. The third-order valence-electron chi connectivity index (χ3n) is 3.17. The molecule has 1 fully saturated rings. The summed E-state index contributed by atoms with van der Waals surface area (Å²) in [5.74, 6) is 0.0517. The van der Waals surface area contributed by atoms with E-state index in [1.807, 2.05) is 6.92 Å². The first-order chi connectivity index (χ1) is 8.81. The van der Waals surface area contributed by atoms with E-state index < -0.39 is 0 Å². The van der Waals surface area contributed by atoms with Gasteiger partial charge in [-0.3, -0.25) is 4.79 Å². The number of nitrogens with one attached hydrogen (secondary N) is 1. The van der Waals surface area contributed by atoms with Crippen LogP contribution in [0.3, 0.4) is 0 Å². The van der Waals surface area contributed by atoms with Crippen LogP contribution in [0.2, 0.25) is 0 Å². The monoisotopic (exact) mass is 252 g/mol. The maximum atomic E-state index is 11.9. The second-order valence-corrected chi connectivity index (χ2v) is 4.43. The van der Waals surface area contributed by atoms with Crippen LogP contribution in [0.4, 0.5) is 0 Å². The highest BCUT2D eigenvalue weighted by molar-refractivity contribution is 5.94. The number of aryl methyl sites for hydroxylation is 1. The molecule has 0 radical (unpaired) electrons. The Morgan fingerprint density at radius 3 is 3.06 bits per heavy atom. The molecule has 6 heteroatoms. The molecule has 1 aromatic heterocycles. The second-order valence-electron chi connectivity index (χ2n) is 4.43. The van der Waals surface area contributed by atoms with Crippen LogP contribution in [-0.2, 0) is 11.3 Å². The molecule has 1 aliphatic rings. The molecule has 1 N–H and O–H groups in total. The lowest BCUT2D eigenvalue weighted by atomic mass is 10.1. The van der Waals surface area contributed by atoms with Crippen LogP contribution in [0, 0.1) is 0 Å². The summed E-state index contributed by atoms with van der Waals surface area (Å²) in [4.78, 5) is 11.9. The molecule has 0 saturated carbocycles. The van der Waals surface area contributed by atoms with Crippen molar-refractivity contribution >= 4 is 5.78 Å². The van der Waals surface area contributed by atoms with Gasteiger partial charge in [0.25, 0.3) is 0 Å². The number of ketones is 1. The van der Waals surface area contributed by atoms with E-state index >= 15 is 0 Å². The molecule has 1 aromatic rings. The first-order valence-corrected chi connectivity index (χ1v) is 6.55. The molecule has 18 heavy (non-hydrogen) atoms. The number of Topliss-reactive ketones (excluding diaryl/α,β-unsaturated/α-hetero) is 1. The van der Waals surface area contributed by atoms with Crippen LogP contribution in [-0.4, -0.2) is 46.6 Å². The molecule has 1 aliphatic heterocycles. The Labute approximate surface area is 107 Å². The van der Waals surface area contributed by atoms with E-state index in [0.717, 1.165) is 25.9 Å². The molecule has 0 aromatic carbocycles.